The number of amides is 1. The highest BCUT2D eigenvalue weighted by molar-refractivity contribution is 9.10. The molecule has 1 amide bonds. The number of carbonyl (C=O) groups excluding carboxylic acids is 1. The first-order valence-electron chi connectivity index (χ1n) is 13.6. The fourth-order valence-electron chi connectivity index (χ4n) is 6.12. The summed E-state index contributed by atoms with van der Waals surface area (Å²) in [6, 6.07) is 23.3. The molecule has 0 aliphatic heterocycles. The first-order valence-corrected chi connectivity index (χ1v) is 15.3. The molecule has 0 unspecified atom stereocenters. The van der Waals surface area contributed by atoms with E-state index in [2.05, 4.69) is 39.4 Å². The zero-order valence-electron chi connectivity index (χ0n) is 22.3. The van der Waals surface area contributed by atoms with E-state index in [0.717, 1.165) is 53.4 Å². The highest BCUT2D eigenvalue weighted by atomic mass is 79.9. The van der Waals surface area contributed by atoms with Crippen LogP contribution in [0.2, 0.25) is 0 Å². The van der Waals surface area contributed by atoms with Crippen LogP contribution in [0.25, 0.3) is 16.9 Å². The molecule has 0 radical (unpaired) electrons. The van der Waals surface area contributed by atoms with Gasteiger partial charge in [-0.2, -0.15) is 0 Å². The van der Waals surface area contributed by atoms with E-state index >= 15 is 0 Å². The lowest BCUT2D eigenvalue weighted by Crippen LogP contribution is -2.43. The Balaban J connectivity index is 1.47. The van der Waals surface area contributed by atoms with Crippen LogP contribution in [0.15, 0.2) is 87.2 Å². The van der Waals surface area contributed by atoms with Gasteiger partial charge in [0.05, 0.1) is 29.8 Å². The van der Waals surface area contributed by atoms with E-state index in [1.807, 2.05) is 54.6 Å². The summed E-state index contributed by atoms with van der Waals surface area (Å²) in [5, 5.41) is 3.43. The molecule has 0 bridgehead atoms. The van der Waals surface area contributed by atoms with E-state index in [9.17, 15) is 9.59 Å². The Hall–Kier alpha value is -3.36. The van der Waals surface area contributed by atoms with Gasteiger partial charge in [-0.15, -0.1) is 0 Å². The molecule has 1 heterocycles. The van der Waals surface area contributed by atoms with Gasteiger partial charge in [0.2, 0.25) is 5.91 Å². The van der Waals surface area contributed by atoms with Gasteiger partial charge in [0.15, 0.2) is 5.16 Å². The molecule has 6 nitrogen and oxygen atoms in total. The van der Waals surface area contributed by atoms with Crippen molar-refractivity contribution in [3.8, 4) is 22.7 Å². The van der Waals surface area contributed by atoms with E-state index < -0.39 is 0 Å². The highest BCUT2D eigenvalue weighted by Gasteiger charge is 2.43. The molecule has 0 atom stereocenters. The third kappa shape index (κ3) is 5.10. The van der Waals surface area contributed by atoms with Gasteiger partial charge < -0.3 is 10.1 Å². The highest BCUT2D eigenvalue weighted by Crippen LogP contribution is 2.49. The third-order valence-corrected chi connectivity index (χ3v) is 9.43. The molecule has 2 aliphatic rings. The van der Waals surface area contributed by atoms with E-state index in [1.165, 1.54) is 23.7 Å². The van der Waals surface area contributed by atoms with Gasteiger partial charge >= 0.3 is 0 Å². The summed E-state index contributed by atoms with van der Waals surface area (Å²) in [7, 11) is 1.61. The molecule has 8 heteroatoms. The second kappa shape index (κ2) is 11.3. The molecule has 40 heavy (non-hydrogen) atoms. The van der Waals surface area contributed by atoms with Gasteiger partial charge in [-0.05, 0) is 61.2 Å². The molecule has 204 valence electrons. The topological polar surface area (TPSA) is 73.2 Å². The van der Waals surface area contributed by atoms with Crippen LogP contribution in [0, 0.1) is 0 Å². The van der Waals surface area contributed by atoms with Gasteiger partial charge in [-0.1, -0.05) is 77.3 Å². The molecule has 1 fully saturated rings. The SMILES string of the molecule is COc1cccc(-n2c(SCC(=O)Nc3ccc(Br)cc3)nc3c(c2=O)C2(CCCCC2)Cc2ccccc2-3)c1. The largest absolute Gasteiger partial charge is 0.497 e. The summed E-state index contributed by atoms with van der Waals surface area (Å²) in [6.45, 7) is 0. The molecule has 6 rings (SSSR count). The van der Waals surface area contributed by atoms with Crippen molar-refractivity contribution >= 4 is 39.3 Å². The Kier molecular flexibility index (Phi) is 7.55. The molecule has 1 N–H and O–H groups in total. The number of methoxy groups -OCH3 is 1. The molecule has 1 aromatic heterocycles. The van der Waals surface area contributed by atoms with Crippen LogP contribution in [-0.4, -0.2) is 28.3 Å². The van der Waals surface area contributed by atoms with Crippen LogP contribution in [-0.2, 0) is 16.6 Å². The number of nitrogens with zero attached hydrogens (tertiary/aromatic N) is 2. The smallest absolute Gasteiger partial charge is 0.263 e. The number of fused-ring (bicyclic) bond motifs is 4. The van der Waals surface area contributed by atoms with Gasteiger partial charge in [0.25, 0.3) is 5.56 Å². The number of hydrogen-bond donors (Lipinski definition) is 1. The van der Waals surface area contributed by atoms with E-state index in [-0.39, 0.29) is 22.6 Å². The molecule has 2 aliphatic carbocycles. The minimum absolute atomic E-state index is 0.0505. The monoisotopic (exact) mass is 615 g/mol. The predicted octanol–water partition coefficient (Wildman–Crippen LogP) is 7.16. The van der Waals surface area contributed by atoms with Crippen molar-refractivity contribution in [2.75, 3.05) is 18.2 Å². The maximum absolute atomic E-state index is 14.6. The molecule has 1 saturated carbocycles. The van der Waals surface area contributed by atoms with Crippen LogP contribution in [0.3, 0.4) is 0 Å². The minimum Gasteiger partial charge on any atom is -0.497 e. The van der Waals surface area contributed by atoms with Crippen molar-refractivity contribution in [2.45, 2.75) is 49.1 Å². The lowest BCUT2D eigenvalue weighted by molar-refractivity contribution is -0.113. The molecular formula is C32H30BrN3O3S. The molecular weight excluding hydrogens is 586 g/mol. The summed E-state index contributed by atoms with van der Waals surface area (Å²) >= 11 is 4.69. The number of ether oxygens (including phenoxy) is 1. The van der Waals surface area contributed by atoms with E-state index in [1.54, 1.807) is 11.7 Å². The molecule has 3 aromatic carbocycles. The number of hydrogen-bond acceptors (Lipinski definition) is 5. The Labute approximate surface area is 246 Å². The summed E-state index contributed by atoms with van der Waals surface area (Å²) in [4.78, 5) is 32.8. The average molecular weight is 617 g/mol. The number of carbonyl (C=O) groups is 1. The fourth-order valence-corrected chi connectivity index (χ4v) is 7.19. The number of halogens is 1. The van der Waals surface area contributed by atoms with Gasteiger partial charge in [-0.3, -0.25) is 14.2 Å². The normalized spacial score (nSPS) is 15.2. The van der Waals surface area contributed by atoms with Crippen LogP contribution in [0.5, 0.6) is 5.75 Å². The van der Waals surface area contributed by atoms with Gasteiger partial charge in [0.1, 0.15) is 5.75 Å². The zero-order chi connectivity index (χ0) is 27.7. The van der Waals surface area contributed by atoms with E-state index in [4.69, 9.17) is 9.72 Å². The first-order chi connectivity index (χ1) is 19.5. The number of benzene rings is 3. The molecule has 1 spiro atoms. The molecule has 0 saturated heterocycles. The number of aromatic nitrogens is 2. The number of nitrogens with one attached hydrogen (secondary N) is 1. The summed E-state index contributed by atoms with van der Waals surface area (Å²) in [6.07, 6.45) is 6.21. The minimum atomic E-state index is -0.227. The number of thioether (sulfide) groups is 1. The summed E-state index contributed by atoms with van der Waals surface area (Å²) in [5.41, 5.74) is 4.96. The number of anilines is 1. The summed E-state index contributed by atoms with van der Waals surface area (Å²) in [5.74, 6) is 0.599. The lowest BCUT2D eigenvalue weighted by Gasteiger charge is -2.42. The molecule has 4 aromatic rings. The van der Waals surface area contributed by atoms with E-state index in [0.29, 0.717) is 22.3 Å². The zero-order valence-corrected chi connectivity index (χ0v) is 24.7. The van der Waals surface area contributed by atoms with Crippen molar-refractivity contribution in [3.05, 3.63) is 98.7 Å². The second-order valence-corrected chi connectivity index (χ2v) is 12.3. The lowest BCUT2D eigenvalue weighted by atomic mass is 9.62. The van der Waals surface area contributed by atoms with Crippen LogP contribution < -0.4 is 15.6 Å². The maximum atomic E-state index is 14.6. The van der Waals surface area contributed by atoms with Crippen molar-refractivity contribution in [1.82, 2.24) is 9.55 Å². The van der Waals surface area contributed by atoms with Crippen LogP contribution in [0.1, 0.15) is 43.2 Å². The first kappa shape index (κ1) is 26.8. The Bertz CT molecular complexity index is 1630. The average Bonchev–Trinajstić information content (AvgIpc) is 2.97. The van der Waals surface area contributed by atoms with Gasteiger partial charge in [-0.25, -0.2) is 4.98 Å². The number of rotatable bonds is 6. The van der Waals surface area contributed by atoms with Gasteiger partial charge in [0, 0.05) is 27.2 Å². The van der Waals surface area contributed by atoms with Crippen LogP contribution >= 0.6 is 27.7 Å². The fraction of sp³-hybridized carbons (Fsp3) is 0.281. The van der Waals surface area contributed by atoms with Crippen molar-refractivity contribution in [1.29, 1.82) is 0 Å². The third-order valence-electron chi connectivity index (χ3n) is 7.97. The van der Waals surface area contributed by atoms with Crippen LogP contribution in [0.4, 0.5) is 5.69 Å². The maximum Gasteiger partial charge on any atom is 0.263 e. The summed E-state index contributed by atoms with van der Waals surface area (Å²) < 4.78 is 8.11. The quantitative estimate of drug-likeness (QED) is 0.184. The second-order valence-electron chi connectivity index (χ2n) is 10.5. The predicted molar refractivity (Wildman–Crippen MR) is 164 cm³/mol. The Morgan fingerprint density at radius 2 is 1.82 bits per heavy atom. The Morgan fingerprint density at radius 1 is 1.05 bits per heavy atom. The van der Waals surface area contributed by atoms with Crippen molar-refractivity contribution in [2.24, 2.45) is 0 Å². The Morgan fingerprint density at radius 3 is 2.60 bits per heavy atom. The van der Waals surface area contributed by atoms with Crippen molar-refractivity contribution < 1.29 is 9.53 Å². The van der Waals surface area contributed by atoms with Crippen molar-refractivity contribution in [3.63, 3.8) is 0 Å². The standard InChI is InChI=1S/C32H30BrN3O3S/c1-39-25-10-7-9-24(18-25)36-30(38)28-29(26-11-4-3-8-21(26)19-32(28)16-5-2-6-17-32)35-31(36)40-20-27(37)34-23-14-12-22(33)13-15-23/h3-4,7-15,18H,2,5-6,16-17,19-20H2,1H3,(H,34,37).